The summed E-state index contributed by atoms with van der Waals surface area (Å²) >= 11 is 0. The highest BCUT2D eigenvalue weighted by molar-refractivity contribution is 6.62. The molecule has 0 bridgehead atoms. The van der Waals surface area contributed by atoms with Crippen molar-refractivity contribution in [3.05, 3.63) is 54.6 Å². The van der Waals surface area contributed by atoms with Crippen molar-refractivity contribution in [2.75, 3.05) is 0 Å². The monoisotopic (exact) mass is 302 g/mol. The Kier molecular flexibility index (Phi) is 2.43. The van der Waals surface area contributed by atoms with Crippen LogP contribution in [-0.4, -0.2) is 17.2 Å². The molecule has 0 unspecified atom stereocenters. The van der Waals surface area contributed by atoms with Gasteiger partial charge < -0.3 is 18.9 Å². The number of furan rings is 2. The van der Waals surface area contributed by atoms with Crippen molar-refractivity contribution in [3.8, 4) is 0 Å². The number of rotatable bonds is 1. The van der Waals surface area contributed by atoms with Gasteiger partial charge in [-0.15, -0.1) is 0 Å². The molecule has 23 heavy (non-hydrogen) atoms. The highest BCUT2D eigenvalue weighted by Gasteiger charge is 2.20. The summed E-state index contributed by atoms with van der Waals surface area (Å²) in [5, 5.41) is 22.8. The maximum Gasteiger partial charge on any atom is 0.489 e. The lowest BCUT2D eigenvalue weighted by Crippen LogP contribution is -2.30. The zero-order valence-electron chi connectivity index (χ0n) is 12.0. The molecule has 0 saturated heterocycles. The molecule has 0 fully saturated rings. The molecule has 2 heterocycles. The molecule has 4 nitrogen and oxygen atoms in total. The van der Waals surface area contributed by atoms with Gasteiger partial charge in [-0.1, -0.05) is 30.3 Å². The summed E-state index contributed by atoms with van der Waals surface area (Å²) in [4.78, 5) is 0. The lowest BCUT2D eigenvalue weighted by Gasteiger charge is -2.00. The molecule has 110 valence electrons. The zero-order chi connectivity index (χ0) is 15.6. The van der Waals surface area contributed by atoms with Crippen LogP contribution in [-0.2, 0) is 0 Å². The molecular formula is C18H11BO4. The Bertz CT molecular complexity index is 1200. The third-order valence-corrected chi connectivity index (χ3v) is 4.30. The van der Waals surface area contributed by atoms with E-state index in [1.165, 1.54) is 0 Å². The van der Waals surface area contributed by atoms with Crippen LogP contribution in [0.1, 0.15) is 0 Å². The van der Waals surface area contributed by atoms with Crippen LogP contribution in [0.5, 0.6) is 0 Å². The molecule has 5 aromatic rings. The third kappa shape index (κ3) is 1.69. The topological polar surface area (TPSA) is 66.7 Å². The molecule has 5 heteroatoms. The van der Waals surface area contributed by atoms with Gasteiger partial charge in [-0.3, -0.25) is 0 Å². The van der Waals surface area contributed by atoms with Gasteiger partial charge in [0, 0.05) is 21.5 Å². The van der Waals surface area contributed by atoms with Crippen molar-refractivity contribution >= 4 is 56.5 Å². The summed E-state index contributed by atoms with van der Waals surface area (Å²) in [6, 6.07) is 17.0. The van der Waals surface area contributed by atoms with Gasteiger partial charge in [0.2, 0.25) is 0 Å². The number of hydrogen-bond acceptors (Lipinski definition) is 4. The van der Waals surface area contributed by atoms with E-state index in [2.05, 4.69) is 0 Å². The van der Waals surface area contributed by atoms with Gasteiger partial charge in [0.15, 0.2) is 0 Å². The van der Waals surface area contributed by atoms with Crippen LogP contribution in [0.15, 0.2) is 63.4 Å². The number of hydrogen-bond donors (Lipinski definition) is 2. The first-order valence-corrected chi connectivity index (χ1v) is 7.35. The van der Waals surface area contributed by atoms with Gasteiger partial charge in [-0.2, -0.15) is 0 Å². The largest absolute Gasteiger partial charge is 0.489 e. The highest BCUT2D eigenvalue weighted by Crippen LogP contribution is 2.35. The number of para-hydroxylation sites is 1. The van der Waals surface area contributed by atoms with E-state index in [9.17, 15) is 10.0 Å². The second-order valence-electron chi connectivity index (χ2n) is 5.64. The van der Waals surface area contributed by atoms with Gasteiger partial charge in [-0.05, 0) is 29.7 Å². The minimum absolute atomic E-state index is 0.428. The Hall–Kier alpha value is -2.76. The van der Waals surface area contributed by atoms with Crippen molar-refractivity contribution in [2.45, 2.75) is 0 Å². The van der Waals surface area contributed by atoms with Gasteiger partial charge >= 0.3 is 7.12 Å². The van der Waals surface area contributed by atoms with Crippen LogP contribution in [0.3, 0.4) is 0 Å². The van der Waals surface area contributed by atoms with E-state index in [-0.39, 0.29) is 0 Å². The molecule has 2 aromatic heterocycles. The van der Waals surface area contributed by atoms with Crippen LogP contribution in [0.2, 0.25) is 0 Å². The Morgan fingerprint density at radius 2 is 1.35 bits per heavy atom. The molecule has 0 atom stereocenters. The first-order valence-electron chi connectivity index (χ1n) is 7.35. The van der Waals surface area contributed by atoms with Crippen molar-refractivity contribution in [1.82, 2.24) is 0 Å². The average Bonchev–Trinajstić information content (AvgIpc) is 3.09. The molecule has 0 aliphatic carbocycles. The quantitative estimate of drug-likeness (QED) is 0.467. The maximum atomic E-state index is 9.62. The molecule has 0 radical (unpaired) electrons. The van der Waals surface area contributed by atoms with Crippen LogP contribution in [0.25, 0.3) is 43.9 Å². The molecule has 3 aromatic carbocycles. The fourth-order valence-electron chi connectivity index (χ4n) is 3.29. The number of fused-ring (bicyclic) bond motifs is 6. The Labute approximate surface area is 130 Å². The van der Waals surface area contributed by atoms with E-state index in [0.717, 1.165) is 27.3 Å². The van der Waals surface area contributed by atoms with Crippen LogP contribution >= 0.6 is 0 Å². The summed E-state index contributed by atoms with van der Waals surface area (Å²) in [6.07, 6.45) is 0. The maximum absolute atomic E-state index is 9.62. The van der Waals surface area contributed by atoms with Gasteiger partial charge in [-0.25, -0.2) is 0 Å². The summed E-state index contributed by atoms with van der Waals surface area (Å²) in [7, 11) is -1.55. The van der Waals surface area contributed by atoms with E-state index in [0.29, 0.717) is 22.0 Å². The molecule has 0 amide bonds. The van der Waals surface area contributed by atoms with Crippen molar-refractivity contribution in [3.63, 3.8) is 0 Å². The van der Waals surface area contributed by atoms with Gasteiger partial charge in [0.1, 0.15) is 22.3 Å². The molecule has 0 aliphatic rings. The first-order chi connectivity index (χ1) is 11.2. The predicted molar refractivity (Wildman–Crippen MR) is 90.8 cm³/mol. The normalized spacial score (nSPS) is 11.9. The smallest absolute Gasteiger partial charge is 0.456 e. The summed E-state index contributed by atoms with van der Waals surface area (Å²) in [5.74, 6) is 0. The second kappa shape index (κ2) is 4.38. The fourth-order valence-corrected chi connectivity index (χ4v) is 3.29. The van der Waals surface area contributed by atoms with Crippen LogP contribution in [0, 0.1) is 0 Å². The van der Waals surface area contributed by atoms with Gasteiger partial charge in [0.25, 0.3) is 0 Å². The van der Waals surface area contributed by atoms with E-state index in [1.54, 1.807) is 12.1 Å². The molecule has 0 aliphatic heterocycles. The van der Waals surface area contributed by atoms with Crippen LogP contribution in [0.4, 0.5) is 0 Å². The minimum atomic E-state index is -1.55. The Morgan fingerprint density at radius 3 is 2.22 bits per heavy atom. The predicted octanol–water partition coefficient (Wildman–Crippen LogP) is 3.17. The van der Waals surface area contributed by atoms with E-state index >= 15 is 0 Å². The first kappa shape index (κ1) is 12.8. The van der Waals surface area contributed by atoms with Crippen molar-refractivity contribution < 1.29 is 18.9 Å². The summed E-state index contributed by atoms with van der Waals surface area (Å²) < 4.78 is 11.8. The zero-order valence-corrected chi connectivity index (χ0v) is 12.0. The lowest BCUT2D eigenvalue weighted by molar-refractivity contribution is 0.426. The average molecular weight is 302 g/mol. The van der Waals surface area contributed by atoms with E-state index < -0.39 is 7.12 Å². The second-order valence-corrected chi connectivity index (χ2v) is 5.64. The summed E-state index contributed by atoms with van der Waals surface area (Å²) in [6.45, 7) is 0. The molecule has 2 N–H and O–H groups in total. The third-order valence-electron chi connectivity index (χ3n) is 4.30. The number of benzene rings is 3. The van der Waals surface area contributed by atoms with Crippen LogP contribution < -0.4 is 5.46 Å². The SMILES string of the molecule is OB(O)c1cccc2oc3cc4c(cc3c12)oc1ccccc14. The van der Waals surface area contributed by atoms with E-state index in [1.807, 2.05) is 42.5 Å². The van der Waals surface area contributed by atoms with Gasteiger partial charge in [0.05, 0.1) is 0 Å². The molecular weight excluding hydrogens is 291 g/mol. The van der Waals surface area contributed by atoms with Crippen molar-refractivity contribution in [1.29, 1.82) is 0 Å². The lowest BCUT2D eigenvalue weighted by atomic mass is 9.77. The van der Waals surface area contributed by atoms with Crippen molar-refractivity contribution in [2.24, 2.45) is 0 Å². The molecule has 0 spiro atoms. The molecule has 5 rings (SSSR count). The molecule has 0 saturated carbocycles. The minimum Gasteiger partial charge on any atom is -0.456 e. The standard InChI is InChI=1S/C18H11BO4/c20-19(21)13-5-3-7-15-18(13)12-9-16-11(8-17(12)23-15)10-4-1-2-6-14(10)22-16/h1-9,20-21H. The highest BCUT2D eigenvalue weighted by atomic mass is 16.4. The Morgan fingerprint density at radius 1 is 0.652 bits per heavy atom. The summed E-state index contributed by atoms with van der Waals surface area (Å²) in [5.41, 5.74) is 3.33. The van der Waals surface area contributed by atoms with E-state index in [4.69, 9.17) is 8.83 Å². The fraction of sp³-hybridized carbons (Fsp3) is 0. The Balaban J connectivity index is 1.99.